The molecule has 0 spiro atoms. The van der Waals surface area contributed by atoms with Crippen LogP contribution in [0.4, 0.5) is 10.9 Å². The van der Waals surface area contributed by atoms with Crippen LogP contribution < -0.4 is 16.4 Å². The van der Waals surface area contributed by atoms with Crippen molar-refractivity contribution in [3.8, 4) is 11.3 Å². The van der Waals surface area contributed by atoms with Gasteiger partial charge in [-0.1, -0.05) is 46.7 Å². The van der Waals surface area contributed by atoms with E-state index < -0.39 is 0 Å². The molecule has 1 atom stereocenters. The second-order valence-electron chi connectivity index (χ2n) is 6.81. The summed E-state index contributed by atoms with van der Waals surface area (Å²) in [6, 6.07) is 5.41. The van der Waals surface area contributed by atoms with E-state index in [9.17, 15) is 0 Å². The molecule has 0 radical (unpaired) electrons. The quantitative estimate of drug-likeness (QED) is 0.519. The monoisotopic (exact) mass is 442 g/mol. The number of nitrogens with zero attached hydrogens (tertiary/aromatic N) is 4. The van der Waals surface area contributed by atoms with Gasteiger partial charge in [-0.15, -0.1) is 5.10 Å². The first kappa shape index (κ1) is 20.7. The third kappa shape index (κ3) is 4.02. The first-order valence-corrected chi connectivity index (χ1v) is 10.1. The molecule has 1 aliphatic rings. The number of rotatable bonds is 2. The highest BCUT2D eigenvalue weighted by atomic mass is 35.5. The number of nitrogens with two attached hydrogens (primary N) is 2. The molecule has 1 saturated heterocycles. The molecule has 0 bridgehead atoms. The highest BCUT2D eigenvalue weighted by molar-refractivity contribution is 7.20. The zero-order chi connectivity index (χ0) is 20.5. The molecule has 0 saturated carbocycles. The lowest BCUT2D eigenvalue weighted by atomic mass is 9.93. The summed E-state index contributed by atoms with van der Waals surface area (Å²) in [7, 11) is 0. The van der Waals surface area contributed by atoms with Crippen molar-refractivity contribution in [3.05, 3.63) is 28.2 Å². The molecule has 11 heteroatoms. The minimum Gasteiger partial charge on any atom is -0.483 e. The molecule has 150 valence electrons. The van der Waals surface area contributed by atoms with Crippen molar-refractivity contribution < 1.29 is 9.90 Å². The second kappa shape index (κ2) is 8.12. The van der Waals surface area contributed by atoms with E-state index in [-0.39, 0.29) is 12.0 Å². The normalized spacial score (nSPS) is 19.4. The Morgan fingerprint density at radius 2 is 2.11 bits per heavy atom. The van der Waals surface area contributed by atoms with E-state index in [4.69, 9.17) is 44.6 Å². The fourth-order valence-corrected chi connectivity index (χ4v) is 4.52. The van der Waals surface area contributed by atoms with E-state index in [0.29, 0.717) is 27.1 Å². The molecular weight excluding hydrogens is 423 g/mol. The maximum Gasteiger partial charge on any atom is 0.290 e. The number of hydrogen-bond donors (Lipinski definition) is 3. The van der Waals surface area contributed by atoms with Gasteiger partial charge in [0, 0.05) is 24.2 Å². The Hall–Kier alpha value is -2.07. The van der Waals surface area contributed by atoms with Crippen molar-refractivity contribution in [3.63, 3.8) is 0 Å². The van der Waals surface area contributed by atoms with Crippen LogP contribution in [0.2, 0.25) is 10.0 Å². The van der Waals surface area contributed by atoms with Crippen LogP contribution in [-0.4, -0.2) is 44.8 Å². The summed E-state index contributed by atoms with van der Waals surface area (Å²) in [4.78, 5) is 15.9. The number of benzene rings is 1. The van der Waals surface area contributed by atoms with Crippen LogP contribution in [0.5, 0.6) is 0 Å². The van der Waals surface area contributed by atoms with Gasteiger partial charge in [0.1, 0.15) is 5.69 Å². The molecule has 1 unspecified atom stereocenters. The highest BCUT2D eigenvalue weighted by Gasteiger charge is 2.29. The molecule has 3 heterocycles. The van der Waals surface area contributed by atoms with Crippen molar-refractivity contribution in [2.75, 3.05) is 23.7 Å². The first-order chi connectivity index (χ1) is 13.3. The van der Waals surface area contributed by atoms with Crippen LogP contribution in [0.1, 0.15) is 19.8 Å². The van der Waals surface area contributed by atoms with Crippen LogP contribution in [0.3, 0.4) is 0 Å². The minimum atomic E-state index is -0.250. The number of fused-ring (bicyclic) bond motifs is 1. The van der Waals surface area contributed by atoms with E-state index in [1.54, 1.807) is 10.6 Å². The van der Waals surface area contributed by atoms with Gasteiger partial charge in [-0.25, -0.2) is 4.98 Å². The van der Waals surface area contributed by atoms with Crippen LogP contribution in [-0.2, 0) is 4.79 Å². The second-order valence-corrected chi connectivity index (χ2v) is 8.53. The standard InChI is InChI=1S/C16H18Cl2N6S.CH2O2/c1-16(20)6-3-7-23(8-16)15-22-24-13(19)12(21-14(24)25-15)9-4-2-5-10(17)11(9)18;2-1-3/h2,4-5H,3,6-8,19-20H2,1H3;1H,(H,2,3). The predicted molar refractivity (Wildman–Crippen MR) is 113 cm³/mol. The fraction of sp³-hybridized carbons (Fsp3) is 0.353. The Balaban J connectivity index is 0.000000706. The molecule has 3 aromatic rings. The average molecular weight is 443 g/mol. The topological polar surface area (TPSA) is 123 Å². The summed E-state index contributed by atoms with van der Waals surface area (Å²) in [5.74, 6) is 0.453. The van der Waals surface area contributed by atoms with E-state index >= 15 is 0 Å². The first-order valence-electron chi connectivity index (χ1n) is 8.48. The summed E-state index contributed by atoms with van der Waals surface area (Å²) >= 11 is 13.9. The maximum atomic E-state index is 8.36. The predicted octanol–water partition coefficient (Wildman–Crippen LogP) is 3.37. The summed E-state index contributed by atoms with van der Waals surface area (Å²) in [6.07, 6.45) is 2.07. The number of anilines is 2. The molecular formula is C17H20Cl2N6O2S. The lowest BCUT2D eigenvalue weighted by Crippen LogP contribution is -2.52. The molecule has 0 aliphatic carbocycles. The molecule has 4 rings (SSSR count). The van der Waals surface area contributed by atoms with Gasteiger partial charge in [0.15, 0.2) is 5.82 Å². The maximum absolute atomic E-state index is 8.36. The number of imidazole rings is 1. The Bertz CT molecular complexity index is 1000. The van der Waals surface area contributed by atoms with Crippen LogP contribution in [0, 0.1) is 0 Å². The lowest BCUT2D eigenvalue weighted by Gasteiger charge is -2.37. The Labute approximate surface area is 175 Å². The van der Waals surface area contributed by atoms with E-state index in [0.717, 1.165) is 36.0 Å². The van der Waals surface area contributed by atoms with Crippen LogP contribution in [0.25, 0.3) is 16.2 Å². The summed E-state index contributed by atoms with van der Waals surface area (Å²) in [5.41, 5.74) is 13.7. The molecule has 1 aliphatic heterocycles. The Morgan fingerprint density at radius 1 is 1.39 bits per heavy atom. The molecule has 1 aromatic carbocycles. The molecule has 0 amide bonds. The highest BCUT2D eigenvalue weighted by Crippen LogP contribution is 2.38. The van der Waals surface area contributed by atoms with Gasteiger partial charge in [-0.3, -0.25) is 4.79 Å². The Morgan fingerprint density at radius 3 is 2.75 bits per heavy atom. The van der Waals surface area contributed by atoms with Gasteiger partial charge < -0.3 is 21.5 Å². The number of aromatic nitrogens is 3. The number of carbonyl (C=O) groups is 1. The Kier molecular flexibility index (Phi) is 5.99. The van der Waals surface area contributed by atoms with Crippen LogP contribution >= 0.6 is 34.5 Å². The third-order valence-electron chi connectivity index (χ3n) is 4.43. The van der Waals surface area contributed by atoms with Crippen molar-refractivity contribution in [2.45, 2.75) is 25.3 Å². The van der Waals surface area contributed by atoms with Gasteiger partial charge in [-0.05, 0) is 25.8 Å². The minimum absolute atomic E-state index is 0.197. The number of carboxylic acid groups (broad SMARTS) is 1. The largest absolute Gasteiger partial charge is 0.483 e. The van der Waals surface area contributed by atoms with E-state index in [1.165, 1.54) is 11.3 Å². The van der Waals surface area contributed by atoms with Gasteiger partial charge in [0.2, 0.25) is 10.1 Å². The smallest absolute Gasteiger partial charge is 0.290 e. The SMILES string of the molecule is CC1(N)CCCN(c2nn3c(N)c(-c4cccc(Cl)c4Cl)nc3s2)C1.O=CO. The number of halogens is 2. The zero-order valence-corrected chi connectivity index (χ0v) is 17.4. The van der Waals surface area contributed by atoms with E-state index in [2.05, 4.69) is 21.9 Å². The van der Waals surface area contributed by atoms with Crippen molar-refractivity contribution in [1.82, 2.24) is 14.6 Å². The van der Waals surface area contributed by atoms with Gasteiger partial charge in [0.25, 0.3) is 6.47 Å². The van der Waals surface area contributed by atoms with Crippen LogP contribution in [0.15, 0.2) is 18.2 Å². The fourth-order valence-electron chi connectivity index (χ4n) is 3.20. The van der Waals surface area contributed by atoms with Gasteiger partial charge in [-0.2, -0.15) is 4.52 Å². The summed E-state index contributed by atoms with van der Waals surface area (Å²) in [6.45, 7) is 3.54. The number of nitrogen functional groups attached to an aromatic ring is 1. The van der Waals surface area contributed by atoms with Crippen molar-refractivity contribution >= 4 is 56.9 Å². The summed E-state index contributed by atoms with van der Waals surface area (Å²) < 4.78 is 1.66. The van der Waals surface area contributed by atoms with Crippen molar-refractivity contribution in [2.24, 2.45) is 5.73 Å². The third-order valence-corrected chi connectivity index (χ3v) is 6.22. The van der Waals surface area contributed by atoms with Gasteiger partial charge in [0.05, 0.1) is 10.0 Å². The number of hydrogen-bond acceptors (Lipinski definition) is 7. The molecule has 8 nitrogen and oxygen atoms in total. The van der Waals surface area contributed by atoms with E-state index in [1.807, 2.05) is 12.1 Å². The lowest BCUT2D eigenvalue weighted by molar-refractivity contribution is -0.122. The number of piperidine rings is 1. The molecule has 1 fully saturated rings. The average Bonchev–Trinajstić information content (AvgIpc) is 3.17. The zero-order valence-electron chi connectivity index (χ0n) is 15.1. The molecule has 2 aromatic heterocycles. The molecule has 28 heavy (non-hydrogen) atoms. The van der Waals surface area contributed by atoms with Gasteiger partial charge >= 0.3 is 0 Å². The molecule has 5 N–H and O–H groups in total. The summed E-state index contributed by atoms with van der Waals surface area (Å²) in [5, 5.41) is 13.3. The van der Waals surface area contributed by atoms with Crippen molar-refractivity contribution in [1.29, 1.82) is 0 Å².